The third-order valence-electron chi connectivity index (χ3n) is 5.15. The minimum atomic E-state index is -0.951. The van der Waals surface area contributed by atoms with Crippen LogP contribution < -0.4 is 20.1 Å². The molecular weight excluding hydrogens is 404 g/mol. The summed E-state index contributed by atoms with van der Waals surface area (Å²) in [4.78, 5) is 23.3. The Labute approximate surface area is 186 Å². The van der Waals surface area contributed by atoms with Crippen LogP contribution in [0.25, 0.3) is 10.9 Å². The van der Waals surface area contributed by atoms with Crippen molar-refractivity contribution in [1.82, 2.24) is 9.97 Å². The standard InChI is InChI=1S/C25H24N4O3/c1-16-27-20-12-8-7-11-19(20)25(28-16)29(2)18-13-14-21(31-3)22(15-18)32-23(24(26)30)17-9-5-4-6-10-17/h4-15,23H,1-3H3,(H2,26,30). The largest absolute Gasteiger partial charge is 0.493 e. The molecule has 0 saturated heterocycles. The van der Waals surface area contributed by atoms with Gasteiger partial charge in [-0.05, 0) is 31.2 Å². The van der Waals surface area contributed by atoms with E-state index in [2.05, 4.69) is 9.97 Å². The molecule has 0 aliphatic heterocycles. The third kappa shape index (κ3) is 4.18. The van der Waals surface area contributed by atoms with Gasteiger partial charge in [-0.2, -0.15) is 0 Å². The fraction of sp³-hybridized carbons (Fsp3) is 0.160. The van der Waals surface area contributed by atoms with Crippen LogP contribution in [0.2, 0.25) is 0 Å². The van der Waals surface area contributed by atoms with Gasteiger partial charge in [0.2, 0.25) is 6.10 Å². The first-order valence-electron chi connectivity index (χ1n) is 10.1. The summed E-state index contributed by atoms with van der Waals surface area (Å²) >= 11 is 0. The fourth-order valence-electron chi connectivity index (χ4n) is 3.56. The Morgan fingerprint density at radius 3 is 2.41 bits per heavy atom. The number of aromatic nitrogens is 2. The number of carbonyl (C=O) groups is 1. The quantitative estimate of drug-likeness (QED) is 0.471. The SMILES string of the molecule is COc1ccc(N(C)c2nc(C)nc3ccccc23)cc1OC(C(N)=O)c1ccccc1. The number of nitrogens with zero attached hydrogens (tertiary/aromatic N) is 3. The molecule has 0 spiro atoms. The monoisotopic (exact) mass is 428 g/mol. The zero-order valence-corrected chi connectivity index (χ0v) is 18.1. The maximum absolute atomic E-state index is 12.2. The van der Waals surface area contributed by atoms with Crippen molar-refractivity contribution in [2.75, 3.05) is 19.1 Å². The van der Waals surface area contributed by atoms with Crippen LogP contribution in [0.15, 0.2) is 72.8 Å². The van der Waals surface area contributed by atoms with E-state index >= 15 is 0 Å². The van der Waals surface area contributed by atoms with E-state index in [1.807, 2.05) is 73.5 Å². The number of ether oxygens (including phenoxy) is 2. The molecule has 4 rings (SSSR count). The molecule has 0 fully saturated rings. The lowest BCUT2D eigenvalue weighted by molar-refractivity contribution is -0.125. The van der Waals surface area contributed by atoms with Crippen molar-refractivity contribution in [3.05, 3.63) is 84.2 Å². The zero-order valence-electron chi connectivity index (χ0n) is 18.1. The fourth-order valence-corrected chi connectivity index (χ4v) is 3.56. The molecule has 7 heteroatoms. The summed E-state index contributed by atoms with van der Waals surface area (Å²) in [7, 11) is 3.47. The Hall–Kier alpha value is -4.13. The van der Waals surface area contributed by atoms with Gasteiger partial charge < -0.3 is 20.1 Å². The molecular formula is C25H24N4O3. The van der Waals surface area contributed by atoms with Gasteiger partial charge in [0.05, 0.1) is 12.6 Å². The van der Waals surface area contributed by atoms with E-state index in [0.717, 1.165) is 22.4 Å². The van der Waals surface area contributed by atoms with Crippen LogP contribution in [0.4, 0.5) is 11.5 Å². The van der Waals surface area contributed by atoms with E-state index in [-0.39, 0.29) is 0 Å². The van der Waals surface area contributed by atoms with Gasteiger partial charge in [0.1, 0.15) is 11.6 Å². The van der Waals surface area contributed by atoms with Gasteiger partial charge in [-0.25, -0.2) is 9.97 Å². The summed E-state index contributed by atoms with van der Waals surface area (Å²) in [6.45, 7) is 1.86. The van der Waals surface area contributed by atoms with E-state index in [0.29, 0.717) is 22.9 Å². The molecule has 1 aromatic heterocycles. The molecule has 0 radical (unpaired) electrons. The van der Waals surface area contributed by atoms with Gasteiger partial charge >= 0.3 is 0 Å². The highest BCUT2D eigenvalue weighted by atomic mass is 16.5. The van der Waals surface area contributed by atoms with Crippen LogP contribution in [-0.2, 0) is 4.79 Å². The number of carbonyl (C=O) groups excluding carboxylic acids is 1. The number of aryl methyl sites for hydroxylation is 1. The number of nitrogens with two attached hydrogens (primary N) is 1. The molecule has 1 atom stereocenters. The molecule has 0 bridgehead atoms. The van der Waals surface area contributed by atoms with Crippen molar-refractivity contribution in [3.8, 4) is 11.5 Å². The van der Waals surface area contributed by atoms with E-state index in [1.165, 1.54) is 0 Å². The second kappa shape index (κ2) is 8.93. The summed E-state index contributed by atoms with van der Waals surface area (Å²) in [6.07, 6.45) is -0.951. The minimum Gasteiger partial charge on any atom is -0.493 e. The highest BCUT2D eigenvalue weighted by Gasteiger charge is 2.22. The zero-order chi connectivity index (χ0) is 22.7. The molecule has 32 heavy (non-hydrogen) atoms. The van der Waals surface area contributed by atoms with Gasteiger partial charge in [-0.15, -0.1) is 0 Å². The summed E-state index contributed by atoms with van der Waals surface area (Å²) in [5.41, 5.74) is 7.98. The maximum atomic E-state index is 12.2. The topological polar surface area (TPSA) is 90.6 Å². The number of fused-ring (bicyclic) bond motifs is 1. The van der Waals surface area contributed by atoms with Crippen LogP contribution >= 0.6 is 0 Å². The second-order valence-electron chi connectivity index (χ2n) is 7.32. The molecule has 1 heterocycles. The van der Waals surface area contributed by atoms with E-state index in [4.69, 9.17) is 15.2 Å². The van der Waals surface area contributed by atoms with E-state index in [9.17, 15) is 4.79 Å². The van der Waals surface area contributed by atoms with Crippen LogP contribution in [0.5, 0.6) is 11.5 Å². The van der Waals surface area contributed by atoms with E-state index < -0.39 is 12.0 Å². The molecule has 1 unspecified atom stereocenters. The number of hydrogen-bond donors (Lipinski definition) is 1. The smallest absolute Gasteiger partial charge is 0.263 e. The van der Waals surface area contributed by atoms with Crippen molar-refractivity contribution >= 4 is 28.3 Å². The molecule has 1 amide bonds. The average Bonchev–Trinajstić information content (AvgIpc) is 2.81. The molecule has 162 valence electrons. The second-order valence-corrected chi connectivity index (χ2v) is 7.32. The Morgan fingerprint density at radius 1 is 0.969 bits per heavy atom. The molecule has 7 nitrogen and oxygen atoms in total. The van der Waals surface area contributed by atoms with Crippen molar-refractivity contribution in [2.24, 2.45) is 5.73 Å². The normalized spacial score (nSPS) is 11.7. The van der Waals surface area contributed by atoms with E-state index in [1.54, 1.807) is 25.3 Å². The Bertz CT molecular complexity index is 1260. The number of anilines is 2. The first kappa shape index (κ1) is 21.1. The van der Waals surface area contributed by atoms with Crippen molar-refractivity contribution in [3.63, 3.8) is 0 Å². The molecule has 2 N–H and O–H groups in total. The summed E-state index contributed by atoms with van der Waals surface area (Å²) < 4.78 is 11.5. The van der Waals surface area contributed by atoms with Crippen molar-refractivity contribution < 1.29 is 14.3 Å². The Morgan fingerprint density at radius 2 is 1.69 bits per heavy atom. The Kier molecular flexibility index (Phi) is 5.89. The third-order valence-corrected chi connectivity index (χ3v) is 5.15. The highest BCUT2D eigenvalue weighted by Crippen LogP contribution is 2.37. The van der Waals surface area contributed by atoms with Crippen LogP contribution in [-0.4, -0.2) is 30.0 Å². The van der Waals surface area contributed by atoms with Gasteiger partial charge in [-0.1, -0.05) is 42.5 Å². The average molecular weight is 428 g/mol. The van der Waals surface area contributed by atoms with Gasteiger partial charge in [-0.3, -0.25) is 4.79 Å². The summed E-state index contributed by atoms with van der Waals surface area (Å²) in [5, 5.41) is 0.929. The summed E-state index contributed by atoms with van der Waals surface area (Å²) in [6, 6.07) is 22.5. The van der Waals surface area contributed by atoms with Crippen LogP contribution in [0, 0.1) is 6.92 Å². The van der Waals surface area contributed by atoms with Gasteiger partial charge in [0.15, 0.2) is 11.5 Å². The number of methoxy groups -OCH3 is 1. The highest BCUT2D eigenvalue weighted by molar-refractivity contribution is 5.91. The number of amides is 1. The minimum absolute atomic E-state index is 0.402. The van der Waals surface area contributed by atoms with Crippen molar-refractivity contribution in [1.29, 1.82) is 0 Å². The van der Waals surface area contributed by atoms with Gasteiger partial charge in [0.25, 0.3) is 5.91 Å². The number of para-hydroxylation sites is 1. The van der Waals surface area contributed by atoms with Crippen LogP contribution in [0.3, 0.4) is 0 Å². The first-order chi connectivity index (χ1) is 15.5. The number of rotatable bonds is 7. The molecule has 0 saturated carbocycles. The number of primary amides is 1. The molecule has 0 aliphatic carbocycles. The lowest BCUT2D eigenvalue weighted by Gasteiger charge is -2.23. The lowest BCUT2D eigenvalue weighted by Crippen LogP contribution is -2.26. The predicted octanol–water partition coefficient (Wildman–Crippen LogP) is 4.32. The molecule has 3 aromatic carbocycles. The van der Waals surface area contributed by atoms with Crippen molar-refractivity contribution in [2.45, 2.75) is 13.0 Å². The number of benzene rings is 3. The summed E-state index contributed by atoms with van der Waals surface area (Å²) in [5.74, 6) is 1.74. The van der Waals surface area contributed by atoms with Gasteiger partial charge in [0, 0.05) is 29.8 Å². The number of hydrogen-bond acceptors (Lipinski definition) is 6. The maximum Gasteiger partial charge on any atom is 0.263 e. The van der Waals surface area contributed by atoms with Crippen LogP contribution in [0.1, 0.15) is 17.5 Å². The molecule has 0 aliphatic rings. The molecule has 4 aromatic rings. The predicted molar refractivity (Wildman–Crippen MR) is 124 cm³/mol. The first-order valence-corrected chi connectivity index (χ1v) is 10.1. The Balaban J connectivity index is 1.75. The lowest BCUT2D eigenvalue weighted by atomic mass is 10.1.